The molecule has 3 rings (SSSR count). The Balaban J connectivity index is 1.91. The van der Waals surface area contributed by atoms with Gasteiger partial charge in [-0.1, -0.05) is 59.6 Å². The zero-order chi connectivity index (χ0) is 23.5. The summed E-state index contributed by atoms with van der Waals surface area (Å²) >= 11 is 12.2. The summed E-state index contributed by atoms with van der Waals surface area (Å²) in [4.78, 5) is 13.0. The molecule has 0 heterocycles. The van der Waals surface area contributed by atoms with Gasteiger partial charge in [-0.05, 0) is 67.8 Å². The average Bonchev–Trinajstić information content (AvgIpc) is 2.73. The van der Waals surface area contributed by atoms with Gasteiger partial charge in [-0.3, -0.25) is 9.10 Å². The van der Waals surface area contributed by atoms with Crippen molar-refractivity contribution in [1.29, 1.82) is 0 Å². The maximum absolute atomic E-state index is 13.4. The van der Waals surface area contributed by atoms with Crippen LogP contribution in [0, 0.1) is 13.8 Å². The van der Waals surface area contributed by atoms with Crippen LogP contribution in [-0.2, 0) is 14.8 Å². The van der Waals surface area contributed by atoms with E-state index in [1.807, 2.05) is 39.0 Å². The average molecular weight is 491 g/mol. The molecule has 1 unspecified atom stereocenters. The normalized spacial score (nSPS) is 12.3. The van der Waals surface area contributed by atoms with E-state index >= 15 is 0 Å². The number of halogens is 2. The van der Waals surface area contributed by atoms with Crippen LogP contribution in [0.5, 0.6) is 0 Å². The number of nitrogens with one attached hydrogen (secondary N) is 1. The highest BCUT2D eigenvalue weighted by atomic mass is 35.5. The minimum Gasteiger partial charge on any atom is -0.348 e. The topological polar surface area (TPSA) is 66.5 Å². The second-order valence-electron chi connectivity index (χ2n) is 7.59. The first kappa shape index (κ1) is 24.1. The molecule has 1 atom stereocenters. The number of anilines is 1. The number of amides is 1. The maximum Gasteiger partial charge on any atom is 0.264 e. The summed E-state index contributed by atoms with van der Waals surface area (Å²) in [6.07, 6.45) is 0. The Bertz CT molecular complexity index is 1210. The van der Waals surface area contributed by atoms with Crippen molar-refractivity contribution in [2.75, 3.05) is 10.8 Å². The zero-order valence-corrected chi connectivity index (χ0v) is 20.3. The van der Waals surface area contributed by atoms with Gasteiger partial charge in [0.25, 0.3) is 10.0 Å². The van der Waals surface area contributed by atoms with E-state index in [2.05, 4.69) is 5.32 Å². The first-order valence-corrected chi connectivity index (χ1v) is 12.2. The van der Waals surface area contributed by atoms with Crippen LogP contribution in [0.4, 0.5) is 5.69 Å². The molecule has 32 heavy (non-hydrogen) atoms. The second kappa shape index (κ2) is 9.94. The van der Waals surface area contributed by atoms with Gasteiger partial charge in [-0.15, -0.1) is 0 Å². The summed E-state index contributed by atoms with van der Waals surface area (Å²) < 4.78 is 27.8. The van der Waals surface area contributed by atoms with E-state index in [9.17, 15) is 13.2 Å². The van der Waals surface area contributed by atoms with Gasteiger partial charge in [0, 0.05) is 10.0 Å². The van der Waals surface area contributed by atoms with Crippen LogP contribution in [0.3, 0.4) is 0 Å². The summed E-state index contributed by atoms with van der Waals surface area (Å²) in [6.45, 7) is 5.45. The van der Waals surface area contributed by atoms with Gasteiger partial charge in [-0.25, -0.2) is 8.42 Å². The molecule has 0 aliphatic carbocycles. The molecule has 5 nitrogen and oxygen atoms in total. The first-order valence-electron chi connectivity index (χ1n) is 9.98. The molecule has 3 aromatic carbocycles. The van der Waals surface area contributed by atoms with Crippen LogP contribution < -0.4 is 9.62 Å². The van der Waals surface area contributed by atoms with E-state index < -0.39 is 22.5 Å². The molecule has 0 saturated carbocycles. The van der Waals surface area contributed by atoms with Gasteiger partial charge >= 0.3 is 0 Å². The molecule has 1 amide bonds. The van der Waals surface area contributed by atoms with Crippen molar-refractivity contribution in [2.24, 2.45) is 0 Å². The predicted molar refractivity (Wildman–Crippen MR) is 130 cm³/mol. The first-order chi connectivity index (χ1) is 15.1. The highest BCUT2D eigenvalue weighted by molar-refractivity contribution is 7.92. The number of nitrogens with zero attached hydrogens (tertiary/aromatic N) is 1. The van der Waals surface area contributed by atoms with Crippen molar-refractivity contribution in [3.05, 3.63) is 93.5 Å². The van der Waals surface area contributed by atoms with E-state index in [1.165, 1.54) is 30.3 Å². The van der Waals surface area contributed by atoms with Gasteiger partial charge in [0.15, 0.2) is 0 Å². The molecule has 168 valence electrons. The van der Waals surface area contributed by atoms with E-state index in [0.717, 1.165) is 21.0 Å². The van der Waals surface area contributed by atoms with Crippen molar-refractivity contribution in [3.63, 3.8) is 0 Å². The largest absolute Gasteiger partial charge is 0.348 e. The van der Waals surface area contributed by atoms with Crippen LogP contribution in [0.25, 0.3) is 0 Å². The summed E-state index contributed by atoms with van der Waals surface area (Å²) in [6, 6.07) is 18.0. The summed E-state index contributed by atoms with van der Waals surface area (Å²) in [5.41, 5.74) is 3.42. The Morgan fingerprint density at radius 1 is 0.938 bits per heavy atom. The Morgan fingerprint density at radius 2 is 1.56 bits per heavy atom. The molecular formula is C24H24Cl2N2O3S. The number of benzene rings is 3. The van der Waals surface area contributed by atoms with Crippen LogP contribution in [0.1, 0.15) is 29.7 Å². The van der Waals surface area contributed by atoms with E-state index in [-0.39, 0.29) is 26.7 Å². The number of hydrogen-bond acceptors (Lipinski definition) is 3. The Kier molecular flexibility index (Phi) is 7.49. The predicted octanol–water partition coefficient (Wildman–Crippen LogP) is 5.68. The zero-order valence-electron chi connectivity index (χ0n) is 18.0. The highest BCUT2D eigenvalue weighted by Gasteiger charge is 2.28. The van der Waals surface area contributed by atoms with Crippen molar-refractivity contribution in [3.8, 4) is 0 Å². The molecule has 0 bridgehead atoms. The van der Waals surface area contributed by atoms with Crippen molar-refractivity contribution in [2.45, 2.75) is 31.7 Å². The molecule has 0 radical (unpaired) electrons. The minimum absolute atomic E-state index is 0.0612. The fraction of sp³-hybridized carbons (Fsp3) is 0.208. The molecule has 0 spiro atoms. The number of rotatable bonds is 7. The maximum atomic E-state index is 13.4. The van der Waals surface area contributed by atoms with Crippen LogP contribution in [-0.4, -0.2) is 20.9 Å². The van der Waals surface area contributed by atoms with E-state index in [0.29, 0.717) is 0 Å². The summed E-state index contributed by atoms with van der Waals surface area (Å²) in [5, 5.41) is 3.42. The van der Waals surface area contributed by atoms with E-state index in [1.54, 1.807) is 18.2 Å². The lowest BCUT2D eigenvalue weighted by Gasteiger charge is -2.25. The quantitative estimate of drug-likeness (QED) is 0.462. The lowest BCUT2D eigenvalue weighted by atomic mass is 10.0. The van der Waals surface area contributed by atoms with Gasteiger partial charge in [0.1, 0.15) is 6.54 Å². The fourth-order valence-electron chi connectivity index (χ4n) is 3.25. The Morgan fingerprint density at radius 3 is 2.16 bits per heavy atom. The Hall–Kier alpha value is -2.54. The number of hydrogen-bond donors (Lipinski definition) is 1. The van der Waals surface area contributed by atoms with Gasteiger partial charge in [0.2, 0.25) is 5.91 Å². The lowest BCUT2D eigenvalue weighted by molar-refractivity contribution is -0.120. The van der Waals surface area contributed by atoms with Gasteiger partial charge in [-0.2, -0.15) is 0 Å². The molecular weight excluding hydrogens is 467 g/mol. The van der Waals surface area contributed by atoms with Crippen LogP contribution >= 0.6 is 23.2 Å². The molecule has 0 aromatic heterocycles. The van der Waals surface area contributed by atoms with Crippen molar-refractivity contribution >= 4 is 44.8 Å². The van der Waals surface area contributed by atoms with Crippen LogP contribution in [0.15, 0.2) is 71.6 Å². The number of carbonyl (C=O) groups excluding carboxylic acids is 1. The van der Waals surface area contributed by atoms with Crippen LogP contribution in [0.2, 0.25) is 10.0 Å². The van der Waals surface area contributed by atoms with Gasteiger partial charge in [0.05, 0.1) is 16.6 Å². The van der Waals surface area contributed by atoms with Crippen molar-refractivity contribution in [1.82, 2.24) is 5.32 Å². The number of carbonyl (C=O) groups is 1. The molecule has 8 heteroatoms. The molecule has 0 fully saturated rings. The summed E-state index contributed by atoms with van der Waals surface area (Å²) in [5.74, 6) is -0.452. The number of sulfonamides is 1. The molecule has 1 N–H and O–H groups in total. The minimum atomic E-state index is -4.04. The summed E-state index contributed by atoms with van der Waals surface area (Å²) in [7, 11) is -4.04. The SMILES string of the molecule is Cc1ccc(C(C)NC(=O)CN(c2cc(Cl)cc(Cl)c2)S(=O)(=O)c2ccccc2)cc1C. The molecule has 0 aliphatic rings. The third-order valence-electron chi connectivity index (χ3n) is 5.16. The standard InChI is InChI=1S/C24H24Cl2N2O3S/c1-16-9-10-19(11-17(16)2)18(3)27-24(29)15-28(22-13-20(25)12-21(26)14-22)32(30,31)23-7-5-4-6-8-23/h4-14,18H,15H2,1-3H3,(H,27,29). The number of aryl methyl sites for hydroxylation is 2. The molecule has 0 aliphatic heterocycles. The molecule has 3 aromatic rings. The second-order valence-corrected chi connectivity index (χ2v) is 10.3. The van der Waals surface area contributed by atoms with Crippen molar-refractivity contribution < 1.29 is 13.2 Å². The smallest absolute Gasteiger partial charge is 0.264 e. The third kappa shape index (κ3) is 5.63. The Labute approximate surface area is 199 Å². The molecule has 0 saturated heterocycles. The fourth-order valence-corrected chi connectivity index (χ4v) is 5.19. The highest BCUT2D eigenvalue weighted by Crippen LogP contribution is 2.29. The monoisotopic (exact) mass is 490 g/mol. The van der Waals surface area contributed by atoms with E-state index in [4.69, 9.17) is 23.2 Å². The lowest BCUT2D eigenvalue weighted by Crippen LogP contribution is -2.41. The third-order valence-corrected chi connectivity index (χ3v) is 7.39. The van der Waals surface area contributed by atoms with Gasteiger partial charge < -0.3 is 5.32 Å².